The lowest BCUT2D eigenvalue weighted by atomic mass is 10.1. The van der Waals surface area contributed by atoms with Crippen molar-refractivity contribution in [3.8, 4) is 0 Å². The van der Waals surface area contributed by atoms with Gasteiger partial charge in [-0.25, -0.2) is 4.98 Å². The molecule has 2 heterocycles. The van der Waals surface area contributed by atoms with Crippen molar-refractivity contribution in [1.29, 1.82) is 0 Å². The fraction of sp³-hybridized carbons (Fsp3) is 0.176. The lowest BCUT2D eigenvalue weighted by Gasteiger charge is -2.14. The van der Waals surface area contributed by atoms with Gasteiger partial charge in [0.15, 0.2) is 0 Å². The average Bonchev–Trinajstić information content (AvgIpc) is 2.92. The molecule has 142 valence electrons. The molecule has 3 aromatic rings. The van der Waals surface area contributed by atoms with Crippen molar-refractivity contribution >= 4 is 17.2 Å². The van der Waals surface area contributed by atoms with Crippen LogP contribution in [-0.2, 0) is 12.4 Å². The van der Waals surface area contributed by atoms with Gasteiger partial charge in [0.1, 0.15) is 5.65 Å². The van der Waals surface area contributed by atoms with Crippen molar-refractivity contribution in [3.63, 3.8) is 0 Å². The van der Waals surface area contributed by atoms with Gasteiger partial charge in [-0.05, 0) is 37.3 Å². The summed E-state index contributed by atoms with van der Waals surface area (Å²) in [5.74, 6) is -0.856. The van der Waals surface area contributed by atoms with Crippen LogP contribution in [0.5, 0.6) is 0 Å². The zero-order valence-corrected chi connectivity index (χ0v) is 13.6. The molecule has 0 bridgehead atoms. The quantitative estimate of drug-likeness (QED) is 0.634. The van der Waals surface area contributed by atoms with E-state index in [0.29, 0.717) is 23.5 Å². The van der Waals surface area contributed by atoms with Crippen molar-refractivity contribution in [2.45, 2.75) is 19.3 Å². The topological polar surface area (TPSA) is 46.4 Å². The van der Waals surface area contributed by atoms with Crippen LogP contribution < -0.4 is 5.32 Å². The largest absolute Gasteiger partial charge is 0.416 e. The van der Waals surface area contributed by atoms with Crippen molar-refractivity contribution in [3.05, 3.63) is 65.1 Å². The molecule has 2 aromatic heterocycles. The Hall–Kier alpha value is -3.04. The van der Waals surface area contributed by atoms with Gasteiger partial charge < -0.3 is 9.72 Å². The van der Waals surface area contributed by atoms with Crippen molar-refractivity contribution < 1.29 is 31.1 Å². The number of carbonyl (C=O) groups excluding carboxylic acids is 1. The molecule has 0 aliphatic rings. The number of alkyl halides is 6. The summed E-state index contributed by atoms with van der Waals surface area (Å²) >= 11 is 0. The van der Waals surface area contributed by atoms with Gasteiger partial charge in [-0.1, -0.05) is 0 Å². The number of hydrogen-bond donors (Lipinski definition) is 1. The minimum absolute atomic E-state index is 0.00494. The second-order valence-electron chi connectivity index (χ2n) is 5.81. The van der Waals surface area contributed by atoms with Gasteiger partial charge in [0.2, 0.25) is 0 Å². The Morgan fingerprint density at radius 3 is 2.15 bits per heavy atom. The first-order valence-corrected chi connectivity index (χ1v) is 7.50. The number of rotatable bonds is 2. The van der Waals surface area contributed by atoms with E-state index in [-0.39, 0.29) is 11.6 Å². The van der Waals surface area contributed by atoms with Gasteiger partial charge in [0, 0.05) is 23.6 Å². The molecule has 0 unspecified atom stereocenters. The third-order valence-electron chi connectivity index (χ3n) is 3.69. The standard InChI is InChI=1S/C17H11F6N3O/c1-9-8-26-3-2-10(4-14(26)24-9)15(27)25-13-6-11(16(18,19)20)5-12(7-13)17(21,22)23/h2-8H,1H3,(H,25,27). The molecule has 1 aromatic carbocycles. The summed E-state index contributed by atoms with van der Waals surface area (Å²) in [4.78, 5) is 16.4. The molecule has 27 heavy (non-hydrogen) atoms. The SMILES string of the molecule is Cc1cn2ccc(C(=O)Nc3cc(C(F)(F)F)cc(C(F)(F)F)c3)cc2n1. The average molecular weight is 387 g/mol. The Morgan fingerprint density at radius 2 is 1.59 bits per heavy atom. The van der Waals surface area contributed by atoms with Crippen molar-refractivity contribution in [2.75, 3.05) is 5.32 Å². The number of aryl methyl sites for hydroxylation is 1. The van der Waals surface area contributed by atoms with Crippen LogP contribution in [0.1, 0.15) is 27.2 Å². The van der Waals surface area contributed by atoms with Gasteiger partial charge in [-0.15, -0.1) is 0 Å². The molecular formula is C17H11F6N3O. The van der Waals surface area contributed by atoms with Gasteiger partial charge in [-0.2, -0.15) is 26.3 Å². The molecule has 4 nitrogen and oxygen atoms in total. The van der Waals surface area contributed by atoms with Crippen LogP contribution in [0.2, 0.25) is 0 Å². The van der Waals surface area contributed by atoms with Gasteiger partial charge >= 0.3 is 12.4 Å². The number of aromatic nitrogens is 2. The second-order valence-corrected chi connectivity index (χ2v) is 5.81. The zero-order chi connectivity index (χ0) is 20.0. The van der Waals surface area contributed by atoms with E-state index in [1.54, 1.807) is 17.5 Å². The molecule has 1 amide bonds. The molecule has 0 atom stereocenters. The summed E-state index contributed by atoms with van der Waals surface area (Å²) < 4.78 is 78.9. The fourth-order valence-corrected chi connectivity index (χ4v) is 2.48. The van der Waals surface area contributed by atoms with Crippen molar-refractivity contribution in [1.82, 2.24) is 9.38 Å². The Bertz CT molecular complexity index is 987. The molecule has 0 spiro atoms. The smallest absolute Gasteiger partial charge is 0.322 e. The number of benzene rings is 1. The highest BCUT2D eigenvalue weighted by atomic mass is 19.4. The molecule has 0 aliphatic heterocycles. The minimum atomic E-state index is -4.99. The highest BCUT2D eigenvalue weighted by Crippen LogP contribution is 2.37. The first kappa shape index (κ1) is 18.7. The molecular weight excluding hydrogens is 376 g/mol. The Kier molecular flexibility index (Phi) is 4.37. The molecule has 0 fully saturated rings. The van der Waals surface area contributed by atoms with E-state index in [2.05, 4.69) is 10.3 Å². The normalized spacial score (nSPS) is 12.4. The Morgan fingerprint density at radius 1 is 1.00 bits per heavy atom. The first-order chi connectivity index (χ1) is 12.4. The van der Waals surface area contributed by atoms with Gasteiger partial charge in [0.05, 0.1) is 16.8 Å². The van der Waals surface area contributed by atoms with E-state index in [4.69, 9.17) is 0 Å². The number of amides is 1. The number of anilines is 1. The van der Waals surface area contributed by atoms with Crippen LogP contribution in [0.25, 0.3) is 5.65 Å². The lowest BCUT2D eigenvalue weighted by molar-refractivity contribution is -0.143. The summed E-state index contributed by atoms with van der Waals surface area (Å²) in [7, 11) is 0. The molecule has 0 radical (unpaired) electrons. The zero-order valence-electron chi connectivity index (χ0n) is 13.6. The molecule has 10 heteroatoms. The number of carbonyl (C=O) groups is 1. The van der Waals surface area contributed by atoms with Crippen LogP contribution in [-0.4, -0.2) is 15.3 Å². The Balaban J connectivity index is 1.96. The third kappa shape index (κ3) is 4.04. The van der Waals surface area contributed by atoms with Gasteiger partial charge in [0.25, 0.3) is 5.91 Å². The number of nitrogens with one attached hydrogen (secondary N) is 1. The van der Waals surface area contributed by atoms with Crippen LogP contribution in [0.15, 0.2) is 42.7 Å². The predicted molar refractivity (Wildman–Crippen MR) is 84.3 cm³/mol. The minimum Gasteiger partial charge on any atom is -0.322 e. The van der Waals surface area contributed by atoms with Crippen molar-refractivity contribution in [2.24, 2.45) is 0 Å². The number of fused-ring (bicyclic) bond motifs is 1. The van der Waals surface area contributed by atoms with Crippen LogP contribution in [0.3, 0.4) is 0 Å². The first-order valence-electron chi connectivity index (χ1n) is 7.50. The van der Waals surface area contributed by atoms with Crippen LogP contribution in [0.4, 0.5) is 32.0 Å². The van der Waals surface area contributed by atoms with E-state index in [0.717, 1.165) is 0 Å². The summed E-state index contributed by atoms with van der Waals surface area (Å²) in [6, 6.07) is 3.65. The number of nitrogens with zero attached hydrogens (tertiary/aromatic N) is 2. The summed E-state index contributed by atoms with van der Waals surface area (Å²) in [5, 5.41) is 2.08. The number of imidazole rings is 1. The maximum atomic E-state index is 12.9. The van der Waals surface area contributed by atoms with E-state index in [1.165, 1.54) is 18.3 Å². The fourth-order valence-electron chi connectivity index (χ4n) is 2.48. The summed E-state index contributed by atoms with van der Waals surface area (Å²) in [6.07, 6.45) is -6.78. The Labute approximate surface area is 148 Å². The third-order valence-corrected chi connectivity index (χ3v) is 3.69. The predicted octanol–water partition coefficient (Wildman–Crippen LogP) is 4.93. The van der Waals surface area contributed by atoms with E-state index in [1.807, 2.05) is 0 Å². The van der Waals surface area contributed by atoms with Crippen LogP contribution >= 0.6 is 0 Å². The second kappa shape index (κ2) is 6.29. The van der Waals surface area contributed by atoms with E-state index in [9.17, 15) is 31.1 Å². The number of pyridine rings is 1. The maximum Gasteiger partial charge on any atom is 0.416 e. The van der Waals surface area contributed by atoms with E-state index >= 15 is 0 Å². The monoisotopic (exact) mass is 387 g/mol. The highest BCUT2D eigenvalue weighted by molar-refractivity contribution is 6.04. The number of hydrogen-bond acceptors (Lipinski definition) is 2. The molecule has 1 N–H and O–H groups in total. The van der Waals surface area contributed by atoms with E-state index < -0.39 is 35.1 Å². The highest BCUT2D eigenvalue weighted by Gasteiger charge is 2.37. The van der Waals surface area contributed by atoms with Crippen LogP contribution in [0, 0.1) is 6.92 Å². The molecule has 0 saturated carbocycles. The van der Waals surface area contributed by atoms with Gasteiger partial charge in [-0.3, -0.25) is 4.79 Å². The number of halogens is 6. The molecule has 3 rings (SSSR count). The molecule has 0 saturated heterocycles. The summed E-state index contributed by atoms with van der Waals surface area (Å²) in [6.45, 7) is 1.73. The molecule has 0 aliphatic carbocycles. The lowest BCUT2D eigenvalue weighted by Crippen LogP contribution is -2.16. The summed E-state index contributed by atoms with van der Waals surface area (Å²) in [5.41, 5.74) is -2.49. The maximum absolute atomic E-state index is 12.9.